The molecule has 1 heterocycles. The van der Waals surface area contributed by atoms with Gasteiger partial charge in [-0.1, -0.05) is 41.9 Å². The zero-order valence-electron chi connectivity index (χ0n) is 14.6. The minimum atomic E-state index is -0.685. The van der Waals surface area contributed by atoms with E-state index in [4.69, 9.17) is 16.3 Å². The van der Waals surface area contributed by atoms with Gasteiger partial charge in [-0.15, -0.1) is 0 Å². The number of nitrogens with zero attached hydrogens (tertiary/aromatic N) is 1. The number of piperazine rings is 1. The third kappa shape index (κ3) is 3.99. The predicted molar refractivity (Wildman–Crippen MR) is 100 cm³/mol. The van der Waals surface area contributed by atoms with Gasteiger partial charge in [-0.3, -0.25) is 9.59 Å². The predicted octanol–water partition coefficient (Wildman–Crippen LogP) is 2.98. The van der Waals surface area contributed by atoms with E-state index in [9.17, 15) is 9.59 Å². The van der Waals surface area contributed by atoms with E-state index in [1.807, 2.05) is 36.4 Å². The van der Waals surface area contributed by atoms with Crippen molar-refractivity contribution in [3.8, 4) is 5.75 Å². The molecule has 0 aliphatic carbocycles. The highest BCUT2D eigenvalue weighted by Crippen LogP contribution is 2.30. The lowest BCUT2D eigenvalue weighted by atomic mass is 10.0. The van der Waals surface area contributed by atoms with Crippen LogP contribution in [0.1, 0.15) is 23.6 Å². The van der Waals surface area contributed by atoms with Gasteiger partial charge >= 0.3 is 0 Å². The fourth-order valence-corrected chi connectivity index (χ4v) is 3.40. The van der Waals surface area contributed by atoms with Crippen molar-refractivity contribution >= 4 is 23.4 Å². The maximum atomic E-state index is 12.8. The molecule has 1 N–H and O–H groups in total. The van der Waals surface area contributed by atoms with Crippen molar-refractivity contribution in [2.75, 3.05) is 20.2 Å². The molecule has 5 nitrogen and oxygen atoms in total. The van der Waals surface area contributed by atoms with Gasteiger partial charge < -0.3 is 15.0 Å². The molecule has 2 aromatic carbocycles. The van der Waals surface area contributed by atoms with Crippen molar-refractivity contribution < 1.29 is 14.3 Å². The summed E-state index contributed by atoms with van der Waals surface area (Å²) in [5, 5.41) is 3.31. The van der Waals surface area contributed by atoms with E-state index in [2.05, 4.69) is 5.32 Å². The minimum Gasteiger partial charge on any atom is -0.497 e. The first kappa shape index (κ1) is 18.3. The van der Waals surface area contributed by atoms with E-state index in [1.54, 1.807) is 24.1 Å². The van der Waals surface area contributed by atoms with Crippen LogP contribution in [-0.2, 0) is 16.0 Å². The molecule has 0 aromatic heterocycles. The van der Waals surface area contributed by atoms with Crippen LogP contribution in [0.5, 0.6) is 5.75 Å². The first-order valence-corrected chi connectivity index (χ1v) is 8.92. The molecule has 0 bridgehead atoms. The highest BCUT2D eigenvalue weighted by molar-refractivity contribution is 6.31. The van der Waals surface area contributed by atoms with Crippen LogP contribution in [0.2, 0.25) is 5.02 Å². The lowest BCUT2D eigenvalue weighted by Gasteiger charge is -2.35. The number of hydrogen-bond donors (Lipinski definition) is 1. The molecule has 0 spiro atoms. The van der Waals surface area contributed by atoms with Crippen molar-refractivity contribution in [2.45, 2.75) is 18.9 Å². The minimum absolute atomic E-state index is 0.0624. The van der Waals surface area contributed by atoms with Gasteiger partial charge in [0.15, 0.2) is 0 Å². The van der Waals surface area contributed by atoms with Crippen molar-refractivity contribution in [3.05, 3.63) is 64.7 Å². The highest BCUT2D eigenvalue weighted by atomic mass is 35.5. The standard InChI is InChI=1S/C20H21ClN2O3/c1-26-15-6-4-5-14(13-15)9-10-18(24)23-12-11-22-20(25)19(23)16-7-2-3-8-17(16)21/h2-8,13,19H,9-12H2,1H3,(H,22,25). The van der Waals surface area contributed by atoms with Crippen LogP contribution in [0.4, 0.5) is 0 Å². The van der Waals surface area contributed by atoms with E-state index in [-0.39, 0.29) is 11.8 Å². The summed E-state index contributed by atoms with van der Waals surface area (Å²) in [6, 6.07) is 14.1. The Kier molecular flexibility index (Phi) is 5.78. The third-order valence-corrected chi connectivity index (χ3v) is 4.84. The van der Waals surface area contributed by atoms with Crippen LogP contribution >= 0.6 is 11.6 Å². The number of nitrogens with one attached hydrogen (secondary N) is 1. The Morgan fingerprint density at radius 1 is 1.27 bits per heavy atom. The lowest BCUT2D eigenvalue weighted by Crippen LogP contribution is -2.52. The summed E-state index contributed by atoms with van der Waals surface area (Å²) >= 11 is 6.27. The van der Waals surface area contributed by atoms with Gasteiger partial charge in [-0.25, -0.2) is 0 Å². The van der Waals surface area contributed by atoms with Crippen LogP contribution in [-0.4, -0.2) is 36.9 Å². The van der Waals surface area contributed by atoms with E-state index in [0.29, 0.717) is 36.5 Å². The molecule has 1 aliphatic heterocycles. The zero-order chi connectivity index (χ0) is 18.5. The smallest absolute Gasteiger partial charge is 0.247 e. The quantitative estimate of drug-likeness (QED) is 0.877. The van der Waals surface area contributed by atoms with Gasteiger partial charge in [0.2, 0.25) is 11.8 Å². The molecule has 0 saturated carbocycles. The SMILES string of the molecule is COc1cccc(CCC(=O)N2CCNC(=O)C2c2ccccc2Cl)c1. The fourth-order valence-electron chi connectivity index (χ4n) is 3.16. The average Bonchev–Trinajstić information content (AvgIpc) is 2.67. The highest BCUT2D eigenvalue weighted by Gasteiger charge is 2.35. The molecule has 26 heavy (non-hydrogen) atoms. The van der Waals surface area contributed by atoms with Crippen LogP contribution < -0.4 is 10.1 Å². The number of methoxy groups -OCH3 is 1. The van der Waals surface area contributed by atoms with Gasteiger partial charge in [0.25, 0.3) is 0 Å². The van der Waals surface area contributed by atoms with Crippen LogP contribution in [0.25, 0.3) is 0 Å². The summed E-state index contributed by atoms with van der Waals surface area (Å²) in [4.78, 5) is 26.9. The Balaban J connectivity index is 1.75. The number of carbonyl (C=O) groups is 2. The molecule has 1 fully saturated rings. The van der Waals surface area contributed by atoms with Gasteiger partial charge in [0, 0.05) is 30.1 Å². The Hall–Kier alpha value is -2.53. The number of benzene rings is 2. The number of halogens is 1. The summed E-state index contributed by atoms with van der Waals surface area (Å²) < 4.78 is 5.22. The molecular formula is C20H21ClN2O3. The van der Waals surface area contributed by atoms with Crippen LogP contribution in [0.15, 0.2) is 48.5 Å². The number of aryl methyl sites for hydroxylation is 1. The Bertz CT molecular complexity index is 809. The normalized spacial score (nSPS) is 16.9. The third-order valence-electron chi connectivity index (χ3n) is 4.49. The second kappa shape index (κ2) is 8.23. The number of hydrogen-bond acceptors (Lipinski definition) is 3. The molecule has 136 valence electrons. The lowest BCUT2D eigenvalue weighted by molar-refractivity contribution is -0.143. The number of amides is 2. The van der Waals surface area contributed by atoms with Crippen LogP contribution in [0, 0.1) is 0 Å². The summed E-state index contributed by atoms with van der Waals surface area (Å²) in [7, 11) is 1.62. The number of ether oxygens (including phenoxy) is 1. The van der Waals surface area contributed by atoms with Gasteiger partial charge in [0.1, 0.15) is 11.8 Å². The summed E-state index contributed by atoms with van der Waals surface area (Å²) in [5.41, 5.74) is 1.68. The van der Waals surface area contributed by atoms with Crippen molar-refractivity contribution in [2.24, 2.45) is 0 Å². The second-order valence-electron chi connectivity index (χ2n) is 6.15. The monoisotopic (exact) mass is 372 g/mol. The molecule has 1 aliphatic rings. The summed E-state index contributed by atoms with van der Waals surface area (Å²) in [5.74, 6) is 0.507. The van der Waals surface area contributed by atoms with Gasteiger partial charge in [0.05, 0.1) is 7.11 Å². The van der Waals surface area contributed by atoms with Crippen molar-refractivity contribution in [1.29, 1.82) is 0 Å². The van der Waals surface area contributed by atoms with E-state index in [1.165, 1.54) is 0 Å². The van der Waals surface area contributed by atoms with Crippen molar-refractivity contribution in [1.82, 2.24) is 10.2 Å². The van der Waals surface area contributed by atoms with Crippen LogP contribution in [0.3, 0.4) is 0 Å². The fraction of sp³-hybridized carbons (Fsp3) is 0.300. The topological polar surface area (TPSA) is 58.6 Å². The first-order valence-electron chi connectivity index (χ1n) is 8.54. The molecule has 1 atom stereocenters. The van der Waals surface area contributed by atoms with Gasteiger partial charge in [-0.2, -0.15) is 0 Å². The Morgan fingerprint density at radius 3 is 2.85 bits per heavy atom. The second-order valence-corrected chi connectivity index (χ2v) is 6.56. The molecule has 1 unspecified atom stereocenters. The molecular weight excluding hydrogens is 352 g/mol. The molecule has 6 heteroatoms. The van der Waals surface area contributed by atoms with E-state index < -0.39 is 6.04 Å². The molecule has 1 saturated heterocycles. The summed E-state index contributed by atoms with van der Waals surface area (Å²) in [6.45, 7) is 0.920. The number of rotatable bonds is 5. The molecule has 0 radical (unpaired) electrons. The molecule has 2 aromatic rings. The van der Waals surface area contributed by atoms with Gasteiger partial charge in [-0.05, 0) is 30.2 Å². The average molecular weight is 373 g/mol. The van der Waals surface area contributed by atoms with Crippen molar-refractivity contribution in [3.63, 3.8) is 0 Å². The maximum Gasteiger partial charge on any atom is 0.247 e. The van der Waals surface area contributed by atoms with E-state index >= 15 is 0 Å². The Labute approximate surface area is 157 Å². The van der Waals surface area contributed by atoms with E-state index in [0.717, 1.165) is 11.3 Å². The zero-order valence-corrected chi connectivity index (χ0v) is 15.3. The Morgan fingerprint density at radius 2 is 2.08 bits per heavy atom. The number of carbonyl (C=O) groups excluding carboxylic acids is 2. The largest absolute Gasteiger partial charge is 0.497 e. The maximum absolute atomic E-state index is 12.8. The molecule has 3 rings (SSSR count). The summed E-state index contributed by atoms with van der Waals surface area (Å²) in [6.07, 6.45) is 0.908. The molecule has 2 amide bonds. The first-order chi connectivity index (χ1) is 12.6.